The van der Waals surface area contributed by atoms with E-state index in [0.717, 1.165) is 0 Å². The average molecular weight is 232 g/mol. The molecule has 0 aromatic carbocycles. The van der Waals surface area contributed by atoms with Gasteiger partial charge in [-0.2, -0.15) is 0 Å². The van der Waals surface area contributed by atoms with Crippen LogP contribution in [0.3, 0.4) is 0 Å². The SMILES string of the molecule is COCC(C)C(O)C(C)C(=O)OC(C)(C)C. The highest BCUT2D eigenvalue weighted by molar-refractivity contribution is 5.73. The minimum atomic E-state index is -0.741. The zero-order valence-corrected chi connectivity index (χ0v) is 11.1. The monoisotopic (exact) mass is 232 g/mol. The van der Waals surface area contributed by atoms with Crippen LogP contribution in [-0.4, -0.2) is 36.5 Å². The maximum atomic E-state index is 11.7. The van der Waals surface area contributed by atoms with Crippen LogP contribution in [-0.2, 0) is 14.3 Å². The number of carbonyl (C=O) groups excluding carboxylic acids is 1. The van der Waals surface area contributed by atoms with Gasteiger partial charge in [-0.1, -0.05) is 6.92 Å². The van der Waals surface area contributed by atoms with E-state index in [1.807, 2.05) is 27.7 Å². The highest BCUT2D eigenvalue weighted by atomic mass is 16.6. The highest BCUT2D eigenvalue weighted by Crippen LogP contribution is 2.18. The molecule has 0 radical (unpaired) electrons. The van der Waals surface area contributed by atoms with Crippen molar-refractivity contribution in [2.75, 3.05) is 13.7 Å². The number of rotatable bonds is 5. The summed E-state index contributed by atoms with van der Waals surface area (Å²) in [4.78, 5) is 11.7. The van der Waals surface area contributed by atoms with Crippen LogP contribution in [0.2, 0.25) is 0 Å². The van der Waals surface area contributed by atoms with Crippen LogP contribution < -0.4 is 0 Å². The molecule has 0 aromatic heterocycles. The molecule has 0 aromatic rings. The Morgan fingerprint density at radius 3 is 2.19 bits per heavy atom. The third-order valence-electron chi connectivity index (χ3n) is 2.30. The lowest BCUT2D eigenvalue weighted by Crippen LogP contribution is -2.37. The predicted molar refractivity (Wildman–Crippen MR) is 62.1 cm³/mol. The van der Waals surface area contributed by atoms with Crippen molar-refractivity contribution >= 4 is 5.97 Å². The molecule has 0 saturated carbocycles. The van der Waals surface area contributed by atoms with Gasteiger partial charge in [0, 0.05) is 13.0 Å². The van der Waals surface area contributed by atoms with Crippen LogP contribution in [0.25, 0.3) is 0 Å². The summed E-state index contributed by atoms with van der Waals surface area (Å²) in [7, 11) is 1.57. The van der Waals surface area contributed by atoms with Gasteiger partial charge in [0.25, 0.3) is 0 Å². The molecular formula is C12H24O4. The molecule has 4 nitrogen and oxygen atoms in total. The maximum absolute atomic E-state index is 11.7. The summed E-state index contributed by atoms with van der Waals surface area (Å²) in [6.07, 6.45) is -0.741. The summed E-state index contributed by atoms with van der Waals surface area (Å²) in [5, 5.41) is 9.90. The Hall–Kier alpha value is -0.610. The standard InChI is InChI=1S/C12H24O4/c1-8(7-15-6)10(13)9(2)11(14)16-12(3,4)5/h8-10,13H,7H2,1-6H3. The fraction of sp³-hybridized carbons (Fsp3) is 0.917. The highest BCUT2D eigenvalue weighted by Gasteiger charge is 2.30. The van der Waals surface area contributed by atoms with E-state index < -0.39 is 17.6 Å². The largest absolute Gasteiger partial charge is 0.460 e. The van der Waals surface area contributed by atoms with Crippen LogP contribution in [0.1, 0.15) is 34.6 Å². The Morgan fingerprint density at radius 1 is 1.31 bits per heavy atom. The van der Waals surface area contributed by atoms with Gasteiger partial charge in [-0.15, -0.1) is 0 Å². The van der Waals surface area contributed by atoms with Crippen molar-refractivity contribution in [2.24, 2.45) is 11.8 Å². The Bertz CT molecular complexity index is 220. The zero-order valence-electron chi connectivity index (χ0n) is 11.1. The van der Waals surface area contributed by atoms with E-state index >= 15 is 0 Å². The Labute approximate surface area is 97.9 Å². The summed E-state index contributed by atoms with van der Waals surface area (Å²) in [5.41, 5.74) is -0.518. The van der Waals surface area contributed by atoms with Gasteiger partial charge in [-0.25, -0.2) is 0 Å². The molecule has 0 bridgehead atoms. The third-order valence-corrected chi connectivity index (χ3v) is 2.30. The van der Waals surface area contributed by atoms with E-state index in [-0.39, 0.29) is 11.9 Å². The number of carbonyl (C=O) groups is 1. The van der Waals surface area contributed by atoms with Crippen LogP contribution in [0, 0.1) is 11.8 Å². The zero-order chi connectivity index (χ0) is 12.9. The van der Waals surface area contributed by atoms with Crippen molar-refractivity contribution in [3.05, 3.63) is 0 Å². The molecule has 0 rings (SSSR count). The number of aliphatic hydroxyl groups excluding tert-OH is 1. The molecule has 0 fully saturated rings. The molecule has 4 heteroatoms. The van der Waals surface area contributed by atoms with Gasteiger partial charge >= 0.3 is 5.97 Å². The summed E-state index contributed by atoms with van der Waals surface area (Å²) in [5.74, 6) is -1.00. The normalized spacial score (nSPS) is 17.7. The fourth-order valence-electron chi connectivity index (χ4n) is 1.39. The number of methoxy groups -OCH3 is 1. The number of hydrogen-bond acceptors (Lipinski definition) is 4. The van der Waals surface area contributed by atoms with E-state index in [4.69, 9.17) is 9.47 Å². The summed E-state index contributed by atoms with van der Waals surface area (Å²) in [6, 6.07) is 0. The molecule has 16 heavy (non-hydrogen) atoms. The summed E-state index contributed by atoms with van der Waals surface area (Å²) in [6.45, 7) is 9.36. The first-order valence-electron chi connectivity index (χ1n) is 5.59. The lowest BCUT2D eigenvalue weighted by molar-refractivity contribution is -0.164. The molecule has 0 aliphatic carbocycles. The minimum Gasteiger partial charge on any atom is -0.460 e. The van der Waals surface area contributed by atoms with E-state index in [9.17, 15) is 9.90 Å². The second-order valence-corrected chi connectivity index (χ2v) is 5.25. The molecule has 3 unspecified atom stereocenters. The van der Waals surface area contributed by atoms with Gasteiger partial charge in [0.15, 0.2) is 0 Å². The Kier molecular flexibility index (Phi) is 5.97. The van der Waals surface area contributed by atoms with Crippen molar-refractivity contribution < 1.29 is 19.4 Å². The van der Waals surface area contributed by atoms with Crippen molar-refractivity contribution in [3.63, 3.8) is 0 Å². The van der Waals surface area contributed by atoms with Crippen LogP contribution in [0.4, 0.5) is 0 Å². The number of esters is 1. The molecule has 0 spiro atoms. The first-order valence-corrected chi connectivity index (χ1v) is 5.59. The van der Waals surface area contributed by atoms with Gasteiger partial charge in [0.05, 0.1) is 18.6 Å². The third kappa shape index (κ3) is 5.47. The molecule has 0 amide bonds. The number of hydrogen-bond donors (Lipinski definition) is 1. The second kappa shape index (κ2) is 6.21. The van der Waals surface area contributed by atoms with Gasteiger partial charge in [-0.05, 0) is 27.7 Å². The van der Waals surface area contributed by atoms with Gasteiger partial charge in [0.2, 0.25) is 0 Å². The molecule has 0 saturated heterocycles. The first-order chi connectivity index (χ1) is 7.19. The quantitative estimate of drug-likeness (QED) is 0.732. The van der Waals surface area contributed by atoms with E-state index in [1.165, 1.54) is 0 Å². The molecule has 0 heterocycles. The Morgan fingerprint density at radius 2 is 1.81 bits per heavy atom. The smallest absolute Gasteiger partial charge is 0.311 e. The van der Waals surface area contributed by atoms with Gasteiger partial charge < -0.3 is 14.6 Å². The van der Waals surface area contributed by atoms with Crippen molar-refractivity contribution in [2.45, 2.75) is 46.3 Å². The van der Waals surface area contributed by atoms with Gasteiger partial charge in [-0.3, -0.25) is 4.79 Å². The van der Waals surface area contributed by atoms with Gasteiger partial charge in [0.1, 0.15) is 5.60 Å². The molecule has 96 valence electrons. The fourth-order valence-corrected chi connectivity index (χ4v) is 1.39. The maximum Gasteiger partial charge on any atom is 0.311 e. The number of ether oxygens (including phenoxy) is 2. The van der Waals surface area contributed by atoms with Crippen molar-refractivity contribution in [1.82, 2.24) is 0 Å². The lowest BCUT2D eigenvalue weighted by Gasteiger charge is -2.27. The topological polar surface area (TPSA) is 55.8 Å². The molecule has 0 aliphatic rings. The number of aliphatic hydroxyl groups is 1. The van der Waals surface area contributed by atoms with E-state index in [1.54, 1.807) is 14.0 Å². The van der Waals surface area contributed by atoms with Crippen molar-refractivity contribution in [1.29, 1.82) is 0 Å². The minimum absolute atomic E-state index is 0.0903. The van der Waals surface area contributed by atoms with E-state index in [0.29, 0.717) is 6.61 Å². The van der Waals surface area contributed by atoms with Crippen molar-refractivity contribution in [3.8, 4) is 0 Å². The molecule has 1 N–H and O–H groups in total. The second-order valence-electron chi connectivity index (χ2n) is 5.25. The average Bonchev–Trinajstić information content (AvgIpc) is 2.13. The van der Waals surface area contributed by atoms with E-state index in [2.05, 4.69) is 0 Å². The van der Waals surface area contributed by atoms with Crippen LogP contribution in [0.15, 0.2) is 0 Å². The van der Waals surface area contributed by atoms with Crippen LogP contribution in [0.5, 0.6) is 0 Å². The first kappa shape index (κ1) is 15.4. The predicted octanol–water partition coefficient (Wildman–Crippen LogP) is 1.61. The molecular weight excluding hydrogens is 208 g/mol. The van der Waals surface area contributed by atoms with Crippen LogP contribution >= 0.6 is 0 Å². The molecule has 0 aliphatic heterocycles. The molecule has 3 atom stereocenters. The summed E-state index contributed by atoms with van der Waals surface area (Å²) >= 11 is 0. The Balaban J connectivity index is 4.32. The lowest BCUT2D eigenvalue weighted by atomic mass is 9.94. The summed E-state index contributed by atoms with van der Waals surface area (Å²) < 4.78 is 10.2.